The van der Waals surface area contributed by atoms with E-state index in [1.165, 1.54) is 23.9 Å². The average Bonchev–Trinajstić information content (AvgIpc) is 2.75. The standard InChI is InChI=1S/C10H9ClN4O3/c1-5-12-13-14-15(5)8-4-9(18-2)6(10(16)17)3-7(8)11/h3-4H,1-2H3,(H,16,17). The van der Waals surface area contributed by atoms with Crippen molar-refractivity contribution in [3.63, 3.8) is 0 Å². The van der Waals surface area contributed by atoms with Gasteiger partial charge in [-0.25, -0.2) is 4.79 Å². The number of aromatic carboxylic acids is 1. The van der Waals surface area contributed by atoms with Crippen molar-refractivity contribution in [2.24, 2.45) is 0 Å². The minimum absolute atomic E-state index is 0.0167. The number of benzene rings is 1. The summed E-state index contributed by atoms with van der Waals surface area (Å²) in [5.41, 5.74) is 0.443. The first-order chi connectivity index (χ1) is 8.54. The predicted octanol–water partition coefficient (Wildman–Crippen LogP) is 1.33. The lowest BCUT2D eigenvalue weighted by molar-refractivity contribution is 0.0693. The van der Waals surface area contributed by atoms with Gasteiger partial charge in [-0.1, -0.05) is 11.6 Å². The lowest BCUT2D eigenvalue weighted by atomic mass is 10.2. The summed E-state index contributed by atoms with van der Waals surface area (Å²) in [6.07, 6.45) is 0. The first-order valence-corrected chi connectivity index (χ1v) is 5.28. The van der Waals surface area contributed by atoms with Gasteiger partial charge in [-0.05, 0) is 23.4 Å². The monoisotopic (exact) mass is 268 g/mol. The zero-order chi connectivity index (χ0) is 13.3. The molecule has 0 atom stereocenters. The summed E-state index contributed by atoms with van der Waals surface area (Å²) in [5.74, 6) is -0.396. The minimum atomic E-state index is -1.12. The van der Waals surface area contributed by atoms with Gasteiger partial charge in [-0.3, -0.25) is 0 Å². The van der Waals surface area contributed by atoms with Crippen LogP contribution in [0.5, 0.6) is 5.75 Å². The number of nitrogens with zero attached hydrogens (tertiary/aromatic N) is 4. The number of aryl methyl sites for hydroxylation is 1. The molecule has 0 aliphatic heterocycles. The first kappa shape index (κ1) is 12.3. The summed E-state index contributed by atoms with van der Waals surface area (Å²) in [6.45, 7) is 1.70. The number of aromatic nitrogens is 4. The van der Waals surface area contributed by atoms with E-state index in [1.54, 1.807) is 6.92 Å². The maximum Gasteiger partial charge on any atom is 0.339 e. The summed E-state index contributed by atoms with van der Waals surface area (Å²) < 4.78 is 6.42. The Kier molecular flexibility index (Phi) is 3.15. The van der Waals surface area contributed by atoms with Crippen LogP contribution in [0.15, 0.2) is 12.1 Å². The van der Waals surface area contributed by atoms with Crippen LogP contribution >= 0.6 is 11.6 Å². The molecule has 0 aliphatic carbocycles. The van der Waals surface area contributed by atoms with Gasteiger partial charge in [0, 0.05) is 6.07 Å². The van der Waals surface area contributed by atoms with E-state index < -0.39 is 5.97 Å². The van der Waals surface area contributed by atoms with Crippen LogP contribution in [0.3, 0.4) is 0 Å². The molecule has 0 saturated heterocycles. The summed E-state index contributed by atoms with van der Waals surface area (Å²) in [5, 5.41) is 20.2. The van der Waals surface area contributed by atoms with Crippen LogP contribution in [0.4, 0.5) is 0 Å². The summed E-state index contributed by atoms with van der Waals surface area (Å²) in [4.78, 5) is 11.0. The zero-order valence-electron chi connectivity index (χ0n) is 9.59. The minimum Gasteiger partial charge on any atom is -0.496 e. The lowest BCUT2D eigenvalue weighted by Gasteiger charge is -2.10. The number of hydrogen-bond acceptors (Lipinski definition) is 5. The number of tetrazole rings is 1. The zero-order valence-corrected chi connectivity index (χ0v) is 10.3. The van der Waals surface area contributed by atoms with E-state index in [0.29, 0.717) is 11.5 Å². The quantitative estimate of drug-likeness (QED) is 0.903. The topological polar surface area (TPSA) is 90.1 Å². The lowest BCUT2D eigenvalue weighted by Crippen LogP contribution is -2.05. The van der Waals surface area contributed by atoms with Crippen molar-refractivity contribution >= 4 is 17.6 Å². The SMILES string of the molecule is COc1cc(-n2nnnc2C)c(Cl)cc1C(=O)O. The van der Waals surface area contributed by atoms with E-state index in [-0.39, 0.29) is 16.3 Å². The smallest absolute Gasteiger partial charge is 0.339 e. The average molecular weight is 269 g/mol. The third-order valence-corrected chi connectivity index (χ3v) is 2.66. The van der Waals surface area contributed by atoms with Crippen molar-refractivity contribution in [3.8, 4) is 11.4 Å². The third kappa shape index (κ3) is 2.00. The number of carboxylic acids is 1. The molecule has 94 valence electrons. The summed E-state index contributed by atoms with van der Waals surface area (Å²) in [6, 6.07) is 2.79. The number of hydrogen-bond donors (Lipinski definition) is 1. The fourth-order valence-electron chi connectivity index (χ4n) is 1.50. The first-order valence-electron chi connectivity index (χ1n) is 4.90. The Morgan fingerprint density at radius 3 is 2.72 bits per heavy atom. The van der Waals surface area contributed by atoms with Gasteiger partial charge in [0.15, 0.2) is 5.82 Å². The molecule has 1 N–H and O–H groups in total. The Bertz CT molecular complexity index is 611. The van der Waals surface area contributed by atoms with Crippen molar-refractivity contribution < 1.29 is 14.6 Å². The molecule has 1 aromatic heterocycles. The second kappa shape index (κ2) is 4.61. The van der Waals surface area contributed by atoms with Crippen LogP contribution in [0.25, 0.3) is 5.69 Å². The molecule has 1 heterocycles. The maximum absolute atomic E-state index is 11.0. The van der Waals surface area contributed by atoms with Crippen LogP contribution in [-0.4, -0.2) is 38.4 Å². The Hall–Kier alpha value is -2.15. The van der Waals surface area contributed by atoms with Gasteiger partial charge in [0.25, 0.3) is 0 Å². The number of methoxy groups -OCH3 is 1. The molecule has 0 radical (unpaired) electrons. The Morgan fingerprint density at radius 2 is 2.22 bits per heavy atom. The molecule has 0 amide bonds. The highest BCUT2D eigenvalue weighted by Gasteiger charge is 2.17. The highest BCUT2D eigenvalue weighted by molar-refractivity contribution is 6.32. The molecule has 18 heavy (non-hydrogen) atoms. The molecule has 7 nitrogen and oxygen atoms in total. The highest BCUT2D eigenvalue weighted by atomic mass is 35.5. The van der Waals surface area contributed by atoms with Gasteiger partial charge >= 0.3 is 5.97 Å². The van der Waals surface area contributed by atoms with Gasteiger partial charge in [0.1, 0.15) is 11.3 Å². The van der Waals surface area contributed by atoms with E-state index in [2.05, 4.69) is 15.5 Å². The van der Waals surface area contributed by atoms with Gasteiger partial charge in [-0.2, -0.15) is 4.68 Å². The molecule has 0 saturated carbocycles. The highest BCUT2D eigenvalue weighted by Crippen LogP contribution is 2.29. The van der Waals surface area contributed by atoms with Gasteiger partial charge in [-0.15, -0.1) is 5.10 Å². The molecule has 2 aromatic rings. The molecule has 0 aliphatic rings. The van der Waals surface area contributed by atoms with Crippen LogP contribution in [0.1, 0.15) is 16.2 Å². The fourth-order valence-corrected chi connectivity index (χ4v) is 1.74. The number of rotatable bonds is 3. The van der Waals surface area contributed by atoms with Gasteiger partial charge < -0.3 is 9.84 Å². The number of carboxylic acid groups (broad SMARTS) is 1. The molecule has 1 aromatic carbocycles. The van der Waals surface area contributed by atoms with Crippen LogP contribution in [0, 0.1) is 6.92 Å². The van der Waals surface area contributed by atoms with Crippen molar-refractivity contribution in [2.45, 2.75) is 6.92 Å². The Morgan fingerprint density at radius 1 is 1.50 bits per heavy atom. The van der Waals surface area contributed by atoms with Crippen molar-refractivity contribution in [2.75, 3.05) is 7.11 Å². The Labute approximate surface area is 107 Å². The second-order valence-electron chi connectivity index (χ2n) is 3.45. The van der Waals surface area contributed by atoms with Gasteiger partial charge in [0.05, 0.1) is 17.8 Å². The maximum atomic E-state index is 11.0. The van der Waals surface area contributed by atoms with E-state index in [9.17, 15) is 4.79 Å². The number of ether oxygens (including phenoxy) is 1. The van der Waals surface area contributed by atoms with Gasteiger partial charge in [0.2, 0.25) is 0 Å². The normalized spacial score (nSPS) is 10.4. The summed E-state index contributed by atoms with van der Waals surface area (Å²) in [7, 11) is 1.38. The van der Waals surface area contributed by atoms with Crippen LogP contribution in [-0.2, 0) is 0 Å². The van der Waals surface area contributed by atoms with E-state index in [1.807, 2.05) is 0 Å². The molecule has 8 heteroatoms. The van der Waals surface area contributed by atoms with Crippen molar-refractivity contribution in [3.05, 3.63) is 28.5 Å². The van der Waals surface area contributed by atoms with Crippen LogP contribution < -0.4 is 4.74 Å². The molecule has 0 bridgehead atoms. The molecule has 0 spiro atoms. The largest absolute Gasteiger partial charge is 0.496 e. The van der Waals surface area contributed by atoms with Crippen molar-refractivity contribution in [1.29, 1.82) is 0 Å². The van der Waals surface area contributed by atoms with Crippen molar-refractivity contribution in [1.82, 2.24) is 20.2 Å². The molecule has 0 unspecified atom stereocenters. The fraction of sp³-hybridized carbons (Fsp3) is 0.200. The predicted molar refractivity (Wildman–Crippen MR) is 62.4 cm³/mol. The van der Waals surface area contributed by atoms with E-state index >= 15 is 0 Å². The van der Waals surface area contributed by atoms with E-state index in [4.69, 9.17) is 21.4 Å². The second-order valence-corrected chi connectivity index (χ2v) is 3.85. The molecule has 2 rings (SSSR count). The third-order valence-electron chi connectivity index (χ3n) is 2.35. The number of halogens is 1. The summed E-state index contributed by atoms with van der Waals surface area (Å²) >= 11 is 6.03. The Balaban J connectivity index is 2.64. The van der Waals surface area contributed by atoms with E-state index in [0.717, 1.165) is 0 Å². The number of carbonyl (C=O) groups is 1. The molecular weight excluding hydrogens is 260 g/mol. The molecule has 0 fully saturated rings. The van der Waals surface area contributed by atoms with Crippen LogP contribution in [0.2, 0.25) is 5.02 Å². The molecular formula is C10H9ClN4O3.